The number of hydrogen-bond acceptors (Lipinski definition) is 6. The number of fused-ring (bicyclic) bond motifs is 1. The Bertz CT molecular complexity index is 1190. The molecule has 232 valence electrons. The molecule has 0 heterocycles. The number of carbonyl (C=O) groups is 2. The van der Waals surface area contributed by atoms with Gasteiger partial charge in [-0.05, 0) is 66.6 Å². The third kappa shape index (κ3) is 6.96. The molecule has 3 rings (SSSR count). The van der Waals surface area contributed by atoms with Crippen molar-refractivity contribution >= 4 is 11.8 Å². The van der Waals surface area contributed by atoms with Crippen molar-refractivity contribution < 1.29 is 28.5 Å². The van der Waals surface area contributed by atoms with Crippen molar-refractivity contribution in [2.75, 3.05) is 54.6 Å². The zero-order valence-corrected chi connectivity index (χ0v) is 26.8. The van der Waals surface area contributed by atoms with Gasteiger partial charge in [0.1, 0.15) is 0 Å². The van der Waals surface area contributed by atoms with Gasteiger partial charge < -0.3 is 28.7 Å². The Hall–Kier alpha value is -3.42. The fourth-order valence-corrected chi connectivity index (χ4v) is 6.41. The number of methoxy groups -OCH3 is 4. The summed E-state index contributed by atoms with van der Waals surface area (Å²) in [7, 11) is 6.45. The first-order valence-electron chi connectivity index (χ1n) is 15.4. The van der Waals surface area contributed by atoms with Crippen LogP contribution in [0.4, 0.5) is 0 Å². The largest absolute Gasteiger partial charge is 0.493 e. The number of carbonyl (C=O) groups excluding carboxylic acids is 2. The van der Waals surface area contributed by atoms with Crippen LogP contribution in [0.15, 0.2) is 30.3 Å². The Morgan fingerprint density at radius 3 is 1.62 bits per heavy atom. The summed E-state index contributed by atoms with van der Waals surface area (Å²) in [4.78, 5) is 32.5. The topological polar surface area (TPSA) is 77.5 Å². The van der Waals surface area contributed by atoms with E-state index in [-0.39, 0.29) is 30.1 Å². The molecule has 0 bridgehead atoms. The van der Waals surface area contributed by atoms with E-state index in [2.05, 4.69) is 27.7 Å². The average Bonchev–Trinajstić information content (AvgIpc) is 3.31. The van der Waals surface area contributed by atoms with Gasteiger partial charge in [-0.1, -0.05) is 33.8 Å². The van der Waals surface area contributed by atoms with E-state index in [1.807, 2.05) is 40.1 Å². The van der Waals surface area contributed by atoms with Crippen molar-refractivity contribution in [2.45, 2.75) is 71.6 Å². The lowest BCUT2D eigenvalue weighted by Gasteiger charge is -2.32. The second-order valence-corrected chi connectivity index (χ2v) is 11.0. The number of hydrogen-bond donors (Lipinski definition) is 0. The van der Waals surface area contributed by atoms with Gasteiger partial charge in [-0.25, -0.2) is 0 Å². The van der Waals surface area contributed by atoms with Crippen LogP contribution in [-0.4, -0.2) is 76.2 Å². The van der Waals surface area contributed by atoms with Crippen LogP contribution in [0.5, 0.6) is 23.0 Å². The molecule has 2 aromatic carbocycles. The molecular formula is C34H50N2O6. The minimum absolute atomic E-state index is 0.0722. The Kier molecular flexibility index (Phi) is 12.4. The summed E-state index contributed by atoms with van der Waals surface area (Å²) < 4.78 is 22.6. The molecule has 2 amide bonds. The predicted octanol–water partition coefficient (Wildman–Crippen LogP) is 6.25. The van der Waals surface area contributed by atoms with Gasteiger partial charge in [-0.15, -0.1) is 0 Å². The van der Waals surface area contributed by atoms with Gasteiger partial charge in [0, 0.05) is 44.4 Å². The molecule has 1 aliphatic carbocycles. The van der Waals surface area contributed by atoms with E-state index < -0.39 is 5.92 Å². The molecule has 42 heavy (non-hydrogen) atoms. The van der Waals surface area contributed by atoms with Crippen molar-refractivity contribution in [3.8, 4) is 23.0 Å². The smallest absolute Gasteiger partial charge is 0.227 e. The number of ether oxygens (including phenoxy) is 4. The maximum atomic E-state index is 14.7. The van der Waals surface area contributed by atoms with Crippen molar-refractivity contribution in [2.24, 2.45) is 5.92 Å². The van der Waals surface area contributed by atoms with Crippen molar-refractivity contribution in [1.82, 2.24) is 9.80 Å². The van der Waals surface area contributed by atoms with E-state index >= 15 is 0 Å². The van der Waals surface area contributed by atoms with E-state index in [4.69, 9.17) is 18.9 Å². The van der Waals surface area contributed by atoms with Crippen LogP contribution in [0.1, 0.15) is 88.3 Å². The third-order valence-corrected chi connectivity index (χ3v) is 8.20. The average molecular weight is 583 g/mol. The monoisotopic (exact) mass is 582 g/mol. The van der Waals surface area contributed by atoms with Crippen molar-refractivity contribution in [3.05, 3.63) is 47.0 Å². The molecule has 0 fully saturated rings. The first kappa shape index (κ1) is 33.1. The summed E-state index contributed by atoms with van der Waals surface area (Å²) >= 11 is 0. The van der Waals surface area contributed by atoms with E-state index in [0.29, 0.717) is 49.2 Å². The molecule has 0 radical (unpaired) electrons. The molecule has 0 aliphatic heterocycles. The zero-order chi connectivity index (χ0) is 30.8. The second kappa shape index (κ2) is 15.7. The van der Waals surface area contributed by atoms with Gasteiger partial charge >= 0.3 is 0 Å². The second-order valence-electron chi connectivity index (χ2n) is 11.0. The normalized spacial score (nSPS) is 17.4. The number of rotatable bonds is 16. The van der Waals surface area contributed by atoms with Gasteiger partial charge in [-0.2, -0.15) is 0 Å². The van der Waals surface area contributed by atoms with Crippen molar-refractivity contribution in [1.29, 1.82) is 0 Å². The van der Waals surface area contributed by atoms with Crippen LogP contribution < -0.4 is 18.9 Å². The predicted molar refractivity (Wildman–Crippen MR) is 166 cm³/mol. The highest BCUT2D eigenvalue weighted by atomic mass is 16.5. The van der Waals surface area contributed by atoms with Crippen molar-refractivity contribution in [3.63, 3.8) is 0 Å². The lowest BCUT2D eigenvalue weighted by molar-refractivity contribution is -0.137. The van der Waals surface area contributed by atoms with Gasteiger partial charge in [-0.3, -0.25) is 9.59 Å². The van der Waals surface area contributed by atoms with Gasteiger partial charge in [0.15, 0.2) is 23.0 Å². The van der Waals surface area contributed by atoms with Crippen LogP contribution in [0.3, 0.4) is 0 Å². The van der Waals surface area contributed by atoms with Crippen LogP contribution in [-0.2, 0) is 9.59 Å². The molecule has 2 aromatic rings. The summed E-state index contributed by atoms with van der Waals surface area (Å²) in [6.07, 6.45) is 3.73. The maximum absolute atomic E-state index is 14.7. The standard InChI is InChI=1S/C34H50N2O6/c1-9-15-35(16-10-2)31(37)22-26-24-20-29(41-7)30(42-8)21-25(24)32(23-13-14-27(39-5)28(19-23)40-6)33(26)34(38)36(17-11-3)18-12-4/h13-14,19-21,26,32-33H,9-12,15-18,22H2,1-8H3. The summed E-state index contributed by atoms with van der Waals surface area (Å²) in [6, 6.07) is 9.80. The van der Waals surface area contributed by atoms with Gasteiger partial charge in [0.05, 0.1) is 34.4 Å². The summed E-state index contributed by atoms with van der Waals surface area (Å²) in [5.74, 6) is 1.42. The highest BCUT2D eigenvalue weighted by Gasteiger charge is 2.48. The molecule has 0 N–H and O–H groups in total. The van der Waals surface area contributed by atoms with E-state index in [0.717, 1.165) is 42.4 Å². The molecule has 3 unspecified atom stereocenters. The zero-order valence-electron chi connectivity index (χ0n) is 26.8. The Morgan fingerprint density at radius 2 is 1.12 bits per heavy atom. The number of nitrogens with zero attached hydrogens (tertiary/aromatic N) is 2. The summed E-state index contributed by atoms with van der Waals surface area (Å²) in [5, 5.41) is 0. The molecule has 1 aliphatic rings. The van der Waals surface area contributed by atoms with Gasteiger partial charge in [0.2, 0.25) is 11.8 Å². The van der Waals surface area contributed by atoms with Crippen LogP contribution >= 0.6 is 0 Å². The number of amides is 2. The quantitative estimate of drug-likeness (QED) is 0.233. The van der Waals surface area contributed by atoms with Crippen LogP contribution in [0.25, 0.3) is 0 Å². The molecule has 0 saturated heterocycles. The molecular weight excluding hydrogens is 532 g/mol. The molecule has 0 spiro atoms. The highest BCUT2D eigenvalue weighted by molar-refractivity contribution is 5.86. The Labute approximate surface area is 252 Å². The van der Waals surface area contributed by atoms with E-state index in [9.17, 15) is 9.59 Å². The van der Waals surface area contributed by atoms with Gasteiger partial charge in [0.25, 0.3) is 0 Å². The lowest BCUT2D eigenvalue weighted by Crippen LogP contribution is -2.41. The Morgan fingerprint density at radius 1 is 0.643 bits per heavy atom. The Balaban J connectivity index is 2.29. The fourth-order valence-electron chi connectivity index (χ4n) is 6.41. The summed E-state index contributed by atoms with van der Waals surface area (Å²) in [6.45, 7) is 11.1. The molecule has 3 atom stereocenters. The minimum atomic E-state index is -0.484. The maximum Gasteiger partial charge on any atom is 0.227 e. The van der Waals surface area contributed by atoms with E-state index in [1.54, 1.807) is 28.4 Å². The van der Waals surface area contributed by atoms with E-state index in [1.165, 1.54) is 0 Å². The third-order valence-electron chi connectivity index (χ3n) is 8.20. The number of benzene rings is 2. The minimum Gasteiger partial charge on any atom is -0.493 e. The lowest BCUT2D eigenvalue weighted by atomic mass is 9.79. The van der Waals surface area contributed by atoms with Crippen LogP contribution in [0.2, 0.25) is 0 Å². The first-order valence-corrected chi connectivity index (χ1v) is 15.4. The molecule has 0 aromatic heterocycles. The molecule has 0 saturated carbocycles. The summed E-state index contributed by atoms with van der Waals surface area (Å²) in [5.41, 5.74) is 2.86. The van der Waals surface area contributed by atoms with Crippen LogP contribution in [0, 0.1) is 5.92 Å². The first-order chi connectivity index (χ1) is 20.3. The highest BCUT2D eigenvalue weighted by Crippen LogP contribution is 2.55. The molecule has 8 heteroatoms. The SMILES string of the molecule is CCCN(CCC)C(=O)CC1c2cc(OC)c(OC)cc2C(c2ccc(OC)c(OC)c2)C1C(=O)N(CCC)CCC. The fraction of sp³-hybridized carbons (Fsp3) is 0.588. The molecule has 8 nitrogen and oxygen atoms in total.